The summed E-state index contributed by atoms with van der Waals surface area (Å²) in [6.07, 6.45) is 13.1. The highest BCUT2D eigenvalue weighted by atomic mass is 15.0. The van der Waals surface area contributed by atoms with Crippen molar-refractivity contribution in [3.8, 4) is 0 Å². The van der Waals surface area contributed by atoms with Gasteiger partial charge in [0.2, 0.25) is 0 Å². The molecule has 0 radical (unpaired) electrons. The smallest absolute Gasteiger partial charge is 0.00952 e. The van der Waals surface area contributed by atoms with Gasteiger partial charge in [0.15, 0.2) is 0 Å². The van der Waals surface area contributed by atoms with E-state index in [1.165, 1.54) is 57.8 Å². The minimum atomic E-state index is 0.834. The second-order valence-corrected chi connectivity index (χ2v) is 5.21. The highest BCUT2D eigenvalue weighted by Crippen LogP contribution is 2.29. The Morgan fingerprint density at radius 2 is 1.71 bits per heavy atom. The van der Waals surface area contributed by atoms with E-state index in [9.17, 15) is 0 Å². The summed E-state index contributed by atoms with van der Waals surface area (Å²) in [6, 6.07) is 1.71. The van der Waals surface area contributed by atoms with Gasteiger partial charge in [0, 0.05) is 12.1 Å². The van der Waals surface area contributed by atoms with E-state index in [1.807, 2.05) is 0 Å². The molecule has 1 N–H and O–H groups in total. The fourth-order valence-electron chi connectivity index (χ4n) is 3.00. The van der Waals surface area contributed by atoms with Gasteiger partial charge >= 0.3 is 0 Å². The predicted molar refractivity (Wildman–Crippen MR) is 61.4 cm³/mol. The summed E-state index contributed by atoms with van der Waals surface area (Å²) in [5, 5.41) is 3.87. The molecule has 0 saturated heterocycles. The van der Waals surface area contributed by atoms with Gasteiger partial charge in [-0.15, -0.1) is 0 Å². The normalized spacial score (nSPS) is 27.2. The first kappa shape index (κ1) is 10.5. The quantitative estimate of drug-likeness (QED) is 0.724. The van der Waals surface area contributed by atoms with E-state index < -0.39 is 0 Å². The Kier molecular flexibility index (Phi) is 3.86. The summed E-state index contributed by atoms with van der Waals surface area (Å²) in [5.41, 5.74) is 0. The third-order valence-electron chi connectivity index (χ3n) is 4.21. The molecular formula is C13H25N. The summed E-state index contributed by atoms with van der Waals surface area (Å²) in [4.78, 5) is 0. The van der Waals surface area contributed by atoms with E-state index in [4.69, 9.17) is 0 Å². The molecule has 0 spiro atoms. The number of hydrogen-bond acceptors (Lipinski definition) is 1. The van der Waals surface area contributed by atoms with Gasteiger partial charge in [-0.05, 0) is 38.0 Å². The van der Waals surface area contributed by atoms with E-state index in [-0.39, 0.29) is 0 Å². The first-order valence-corrected chi connectivity index (χ1v) is 6.66. The average Bonchev–Trinajstić information content (AvgIpc) is 2.18. The third kappa shape index (κ3) is 2.50. The van der Waals surface area contributed by atoms with Gasteiger partial charge in [-0.25, -0.2) is 0 Å². The van der Waals surface area contributed by atoms with Crippen molar-refractivity contribution in [2.75, 3.05) is 0 Å². The molecule has 82 valence electrons. The van der Waals surface area contributed by atoms with E-state index >= 15 is 0 Å². The zero-order valence-corrected chi connectivity index (χ0v) is 9.60. The number of rotatable bonds is 4. The lowest BCUT2D eigenvalue weighted by Gasteiger charge is -2.36. The Balaban J connectivity index is 1.77. The van der Waals surface area contributed by atoms with Crippen LogP contribution in [-0.4, -0.2) is 12.1 Å². The first-order chi connectivity index (χ1) is 6.90. The first-order valence-electron chi connectivity index (χ1n) is 6.66. The van der Waals surface area contributed by atoms with Crippen molar-refractivity contribution in [1.82, 2.24) is 5.32 Å². The maximum Gasteiger partial charge on any atom is 0.00952 e. The Morgan fingerprint density at radius 1 is 1.00 bits per heavy atom. The van der Waals surface area contributed by atoms with Crippen LogP contribution in [-0.2, 0) is 0 Å². The minimum absolute atomic E-state index is 0.834. The van der Waals surface area contributed by atoms with Gasteiger partial charge in [0.05, 0.1) is 0 Å². The van der Waals surface area contributed by atoms with Crippen LogP contribution in [0, 0.1) is 5.92 Å². The molecule has 2 fully saturated rings. The number of hydrogen-bond donors (Lipinski definition) is 1. The fourth-order valence-corrected chi connectivity index (χ4v) is 3.00. The highest BCUT2D eigenvalue weighted by molar-refractivity contribution is 4.85. The Bertz CT molecular complexity index is 157. The molecule has 0 heterocycles. The van der Waals surface area contributed by atoms with Crippen LogP contribution in [0.1, 0.15) is 64.7 Å². The molecule has 1 heteroatoms. The molecule has 0 aromatic heterocycles. The largest absolute Gasteiger partial charge is 0.311 e. The average molecular weight is 195 g/mol. The summed E-state index contributed by atoms with van der Waals surface area (Å²) in [6.45, 7) is 2.35. The molecule has 0 amide bonds. The van der Waals surface area contributed by atoms with E-state index in [0.717, 1.165) is 18.0 Å². The molecule has 2 aliphatic rings. The maximum absolute atomic E-state index is 3.87. The molecule has 0 bridgehead atoms. The van der Waals surface area contributed by atoms with Crippen molar-refractivity contribution in [2.24, 2.45) is 5.92 Å². The van der Waals surface area contributed by atoms with Crippen molar-refractivity contribution in [3.63, 3.8) is 0 Å². The molecule has 0 aromatic carbocycles. The minimum Gasteiger partial charge on any atom is -0.311 e. The zero-order valence-electron chi connectivity index (χ0n) is 9.60. The lowest BCUT2D eigenvalue weighted by Crippen LogP contribution is -2.46. The van der Waals surface area contributed by atoms with Gasteiger partial charge in [0.25, 0.3) is 0 Å². The Labute approximate surface area is 88.7 Å². The van der Waals surface area contributed by atoms with Crippen LogP contribution in [0.3, 0.4) is 0 Å². The van der Waals surface area contributed by atoms with E-state index in [0.29, 0.717) is 0 Å². The van der Waals surface area contributed by atoms with Crippen LogP contribution in [0.15, 0.2) is 0 Å². The summed E-state index contributed by atoms with van der Waals surface area (Å²) >= 11 is 0. The van der Waals surface area contributed by atoms with E-state index in [1.54, 1.807) is 0 Å². The van der Waals surface area contributed by atoms with Crippen molar-refractivity contribution < 1.29 is 0 Å². The van der Waals surface area contributed by atoms with Gasteiger partial charge in [-0.1, -0.05) is 32.6 Å². The van der Waals surface area contributed by atoms with Crippen molar-refractivity contribution in [3.05, 3.63) is 0 Å². The van der Waals surface area contributed by atoms with Crippen LogP contribution >= 0.6 is 0 Å². The zero-order chi connectivity index (χ0) is 9.80. The predicted octanol–water partition coefficient (Wildman–Crippen LogP) is 3.49. The van der Waals surface area contributed by atoms with Gasteiger partial charge in [0.1, 0.15) is 0 Å². The molecule has 0 aromatic rings. The van der Waals surface area contributed by atoms with Gasteiger partial charge < -0.3 is 5.32 Å². The van der Waals surface area contributed by atoms with Crippen molar-refractivity contribution in [2.45, 2.75) is 76.8 Å². The lowest BCUT2D eigenvalue weighted by atomic mass is 9.81. The monoisotopic (exact) mass is 195 g/mol. The van der Waals surface area contributed by atoms with Crippen LogP contribution in [0.25, 0.3) is 0 Å². The van der Waals surface area contributed by atoms with Crippen LogP contribution < -0.4 is 5.32 Å². The molecule has 0 aliphatic heterocycles. The molecule has 1 atom stereocenters. The van der Waals surface area contributed by atoms with Crippen LogP contribution in [0.5, 0.6) is 0 Å². The topological polar surface area (TPSA) is 12.0 Å². The molecule has 2 rings (SSSR count). The number of nitrogens with one attached hydrogen (secondary N) is 1. The van der Waals surface area contributed by atoms with Crippen molar-refractivity contribution >= 4 is 0 Å². The molecule has 1 nitrogen and oxygen atoms in total. The Morgan fingerprint density at radius 3 is 2.21 bits per heavy atom. The van der Waals surface area contributed by atoms with Crippen LogP contribution in [0.2, 0.25) is 0 Å². The lowest BCUT2D eigenvalue weighted by molar-refractivity contribution is 0.212. The molecule has 2 saturated carbocycles. The SMILES string of the molecule is CCC(NC1CCC1)C1CCCCC1. The van der Waals surface area contributed by atoms with Gasteiger partial charge in [-0.3, -0.25) is 0 Å². The summed E-state index contributed by atoms with van der Waals surface area (Å²) in [7, 11) is 0. The summed E-state index contributed by atoms with van der Waals surface area (Å²) < 4.78 is 0. The fraction of sp³-hybridized carbons (Fsp3) is 1.00. The molecular weight excluding hydrogens is 170 g/mol. The second-order valence-electron chi connectivity index (χ2n) is 5.21. The van der Waals surface area contributed by atoms with Crippen LogP contribution in [0.4, 0.5) is 0 Å². The second kappa shape index (κ2) is 5.16. The summed E-state index contributed by atoms with van der Waals surface area (Å²) in [5.74, 6) is 0.995. The standard InChI is InChI=1S/C13H25N/c1-2-13(14-12-9-6-10-12)11-7-4-3-5-8-11/h11-14H,2-10H2,1H3. The molecule has 2 aliphatic carbocycles. The molecule has 14 heavy (non-hydrogen) atoms. The third-order valence-corrected chi connectivity index (χ3v) is 4.21. The van der Waals surface area contributed by atoms with Gasteiger partial charge in [-0.2, -0.15) is 0 Å². The Hall–Kier alpha value is -0.0400. The highest BCUT2D eigenvalue weighted by Gasteiger charge is 2.26. The van der Waals surface area contributed by atoms with Crippen molar-refractivity contribution in [1.29, 1.82) is 0 Å². The molecule has 1 unspecified atom stereocenters. The van der Waals surface area contributed by atoms with E-state index in [2.05, 4.69) is 12.2 Å². The maximum atomic E-state index is 3.87.